The van der Waals surface area contributed by atoms with Crippen LogP contribution >= 0.6 is 11.3 Å². The summed E-state index contributed by atoms with van der Waals surface area (Å²) in [5.41, 5.74) is 1.21. The molecule has 1 rings (SSSR count). The van der Waals surface area contributed by atoms with Gasteiger partial charge in [-0.3, -0.25) is 0 Å². The van der Waals surface area contributed by atoms with Crippen molar-refractivity contribution in [3.05, 3.63) is 22.4 Å². The van der Waals surface area contributed by atoms with E-state index in [2.05, 4.69) is 17.6 Å². The Morgan fingerprint density at radius 2 is 2.17 bits per heavy atom. The summed E-state index contributed by atoms with van der Waals surface area (Å²) >= 11 is 1.63. The maximum atomic E-state index is 12.1. The lowest BCUT2D eigenvalue weighted by Crippen LogP contribution is -2.32. The molecule has 1 heterocycles. The summed E-state index contributed by atoms with van der Waals surface area (Å²) in [6.07, 6.45) is -2.11. The van der Waals surface area contributed by atoms with Gasteiger partial charge in [0.05, 0.1) is 0 Å². The van der Waals surface area contributed by atoms with Gasteiger partial charge in [-0.25, -0.2) is 0 Å². The highest BCUT2D eigenvalue weighted by atomic mass is 32.1. The quantitative estimate of drug-likeness (QED) is 0.744. The van der Waals surface area contributed by atoms with Crippen molar-refractivity contribution in [2.24, 2.45) is 0 Å². The molecule has 1 N–H and O–H groups in total. The Labute approximate surface area is 110 Å². The van der Waals surface area contributed by atoms with Crippen molar-refractivity contribution in [3.63, 3.8) is 0 Å². The number of hydrogen-bond acceptors (Lipinski definition) is 2. The molecule has 0 bridgehead atoms. The highest BCUT2D eigenvalue weighted by Crippen LogP contribution is 2.23. The predicted molar refractivity (Wildman–Crippen MR) is 70.0 cm³/mol. The van der Waals surface area contributed by atoms with Crippen LogP contribution in [0.5, 0.6) is 0 Å². The topological polar surface area (TPSA) is 12.0 Å². The second-order valence-corrected chi connectivity index (χ2v) is 5.27. The number of rotatable bonds is 8. The molecule has 18 heavy (non-hydrogen) atoms. The minimum Gasteiger partial charge on any atom is -0.314 e. The van der Waals surface area contributed by atoms with Crippen LogP contribution in [0, 0.1) is 0 Å². The summed E-state index contributed by atoms with van der Waals surface area (Å²) in [6, 6.07) is 2.19. The molecule has 0 aliphatic carbocycles. The number of nitrogens with one attached hydrogen (secondary N) is 1. The van der Waals surface area contributed by atoms with Gasteiger partial charge in [0.2, 0.25) is 0 Å². The van der Waals surface area contributed by atoms with Crippen molar-refractivity contribution < 1.29 is 13.2 Å². The SMILES string of the molecule is CCCNC(CCCC(F)(F)F)Cc1ccsc1. The molecule has 0 radical (unpaired) electrons. The van der Waals surface area contributed by atoms with E-state index in [0.29, 0.717) is 6.42 Å². The fourth-order valence-corrected chi connectivity index (χ4v) is 2.55. The van der Waals surface area contributed by atoms with Crippen molar-refractivity contribution >= 4 is 11.3 Å². The minimum atomic E-state index is -4.03. The first kappa shape index (κ1) is 15.5. The molecule has 0 amide bonds. The zero-order valence-electron chi connectivity index (χ0n) is 10.6. The van der Waals surface area contributed by atoms with E-state index in [-0.39, 0.29) is 12.5 Å². The third-order valence-electron chi connectivity index (χ3n) is 2.76. The number of hydrogen-bond donors (Lipinski definition) is 1. The van der Waals surface area contributed by atoms with E-state index in [4.69, 9.17) is 0 Å². The van der Waals surface area contributed by atoms with Crippen molar-refractivity contribution in [1.82, 2.24) is 5.32 Å². The third-order valence-corrected chi connectivity index (χ3v) is 3.49. The molecule has 0 aromatic carbocycles. The normalized spacial score (nSPS) is 13.8. The molecule has 1 aromatic rings. The average molecular weight is 279 g/mol. The van der Waals surface area contributed by atoms with Crippen LogP contribution in [-0.2, 0) is 6.42 Å². The van der Waals surface area contributed by atoms with Crippen LogP contribution in [0.1, 0.15) is 38.2 Å². The highest BCUT2D eigenvalue weighted by molar-refractivity contribution is 7.07. The largest absolute Gasteiger partial charge is 0.389 e. The Kier molecular flexibility index (Phi) is 6.71. The van der Waals surface area contributed by atoms with Gasteiger partial charge in [-0.2, -0.15) is 24.5 Å². The van der Waals surface area contributed by atoms with Gasteiger partial charge >= 0.3 is 6.18 Å². The molecule has 0 aliphatic rings. The minimum absolute atomic E-state index is 0.155. The Balaban J connectivity index is 2.35. The van der Waals surface area contributed by atoms with E-state index < -0.39 is 12.6 Å². The Morgan fingerprint density at radius 1 is 1.39 bits per heavy atom. The standard InChI is InChI=1S/C13H20F3NS/c1-2-7-17-12(4-3-6-13(14,15)16)9-11-5-8-18-10-11/h5,8,10,12,17H,2-4,6-7,9H2,1H3. The number of alkyl halides is 3. The predicted octanol–water partition coefficient (Wildman–Crippen LogP) is 4.39. The van der Waals surface area contributed by atoms with Crippen molar-refractivity contribution in [3.8, 4) is 0 Å². The van der Waals surface area contributed by atoms with Crippen LogP contribution in [0.15, 0.2) is 16.8 Å². The fraction of sp³-hybridized carbons (Fsp3) is 0.692. The first-order valence-electron chi connectivity index (χ1n) is 6.32. The van der Waals surface area contributed by atoms with Crippen LogP contribution in [0.25, 0.3) is 0 Å². The summed E-state index contributed by atoms with van der Waals surface area (Å²) in [5, 5.41) is 7.39. The Bertz CT molecular complexity index is 309. The van der Waals surface area contributed by atoms with E-state index in [9.17, 15) is 13.2 Å². The van der Waals surface area contributed by atoms with Crippen molar-refractivity contribution in [1.29, 1.82) is 0 Å². The summed E-state index contributed by atoms with van der Waals surface area (Å²) < 4.78 is 36.3. The summed E-state index contributed by atoms with van der Waals surface area (Å²) in [5.74, 6) is 0. The summed E-state index contributed by atoms with van der Waals surface area (Å²) in [4.78, 5) is 0. The smallest absolute Gasteiger partial charge is 0.314 e. The van der Waals surface area contributed by atoms with Crippen LogP contribution in [0.3, 0.4) is 0 Å². The second kappa shape index (κ2) is 7.79. The van der Waals surface area contributed by atoms with E-state index in [0.717, 1.165) is 19.4 Å². The monoisotopic (exact) mass is 279 g/mol. The molecule has 104 valence electrons. The fourth-order valence-electron chi connectivity index (χ4n) is 1.87. The van der Waals surface area contributed by atoms with Crippen LogP contribution in [-0.4, -0.2) is 18.8 Å². The summed E-state index contributed by atoms with van der Waals surface area (Å²) in [7, 11) is 0. The van der Waals surface area contributed by atoms with Gasteiger partial charge < -0.3 is 5.32 Å². The molecule has 0 aliphatic heterocycles. The second-order valence-electron chi connectivity index (χ2n) is 4.49. The van der Waals surface area contributed by atoms with E-state index >= 15 is 0 Å². The number of halogens is 3. The molecule has 1 unspecified atom stereocenters. The molecule has 1 atom stereocenters. The van der Waals surface area contributed by atoms with Crippen molar-refractivity contribution in [2.45, 2.75) is 51.2 Å². The Hall–Kier alpha value is -0.550. The van der Waals surface area contributed by atoms with Gasteiger partial charge in [0, 0.05) is 12.5 Å². The maximum absolute atomic E-state index is 12.1. The average Bonchev–Trinajstić information content (AvgIpc) is 2.76. The lowest BCUT2D eigenvalue weighted by atomic mass is 10.0. The van der Waals surface area contributed by atoms with Gasteiger partial charge in [-0.05, 0) is 54.6 Å². The molecule has 1 aromatic heterocycles. The number of thiophene rings is 1. The third kappa shape index (κ3) is 7.01. The van der Waals surface area contributed by atoms with E-state index in [1.165, 1.54) is 5.56 Å². The zero-order chi connectivity index (χ0) is 13.4. The van der Waals surface area contributed by atoms with Crippen molar-refractivity contribution in [2.75, 3.05) is 6.54 Å². The van der Waals surface area contributed by atoms with Crippen LogP contribution in [0.2, 0.25) is 0 Å². The van der Waals surface area contributed by atoms with E-state index in [1.807, 2.05) is 11.4 Å². The Morgan fingerprint density at radius 3 is 2.72 bits per heavy atom. The highest BCUT2D eigenvalue weighted by Gasteiger charge is 2.26. The molecule has 0 fully saturated rings. The van der Waals surface area contributed by atoms with Gasteiger partial charge in [0.25, 0.3) is 0 Å². The lowest BCUT2D eigenvalue weighted by Gasteiger charge is -2.18. The maximum Gasteiger partial charge on any atom is 0.389 e. The first-order valence-corrected chi connectivity index (χ1v) is 7.26. The van der Waals surface area contributed by atoms with Crippen LogP contribution < -0.4 is 5.32 Å². The van der Waals surface area contributed by atoms with Gasteiger partial charge in [-0.1, -0.05) is 6.92 Å². The molecule has 0 spiro atoms. The molecule has 1 nitrogen and oxygen atoms in total. The van der Waals surface area contributed by atoms with Crippen LogP contribution in [0.4, 0.5) is 13.2 Å². The molecular formula is C13H20F3NS. The molecule has 0 saturated heterocycles. The first-order chi connectivity index (χ1) is 8.51. The molecule has 5 heteroatoms. The molecular weight excluding hydrogens is 259 g/mol. The van der Waals surface area contributed by atoms with Gasteiger partial charge in [0.1, 0.15) is 0 Å². The lowest BCUT2D eigenvalue weighted by molar-refractivity contribution is -0.135. The zero-order valence-corrected chi connectivity index (χ0v) is 11.4. The van der Waals surface area contributed by atoms with E-state index in [1.54, 1.807) is 11.3 Å². The molecule has 0 saturated carbocycles. The summed E-state index contributed by atoms with van der Waals surface area (Å²) in [6.45, 7) is 2.92. The van der Waals surface area contributed by atoms with Gasteiger partial charge in [-0.15, -0.1) is 0 Å². The van der Waals surface area contributed by atoms with Gasteiger partial charge in [0.15, 0.2) is 0 Å².